The van der Waals surface area contributed by atoms with Crippen molar-refractivity contribution < 1.29 is 0 Å². The van der Waals surface area contributed by atoms with E-state index in [1.54, 1.807) is 0 Å². The van der Waals surface area contributed by atoms with Crippen molar-refractivity contribution in [2.45, 2.75) is 52.6 Å². The zero-order valence-electron chi connectivity index (χ0n) is 11.8. The second-order valence-electron chi connectivity index (χ2n) is 5.35. The zero-order chi connectivity index (χ0) is 13.3. The topological polar surface area (TPSA) is 29.9 Å². The number of nitrogens with one attached hydrogen (secondary N) is 1. The number of aromatic nitrogens is 2. The van der Waals surface area contributed by atoms with Gasteiger partial charge in [0.05, 0.1) is 15.9 Å². The van der Waals surface area contributed by atoms with E-state index in [1.165, 1.54) is 22.3 Å². The van der Waals surface area contributed by atoms with Gasteiger partial charge >= 0.3 is 0 Å². The minimum absolute atomic E-state index is 0.586. The Morgan fingerprint density at radius 1 is 1.50 bits per heavy atom. The lowest BCUT2D eigenvalue weighted by Gasteiger charge is -2.17. The van der Waals surface area contributed by atoms with Crippen molar-refractivity contribution in [2.24, 2.45) is 11.8 Å². The average Bonchev–Trinajstić information content (AvgIpc) is 3.01. The maximum Gasteiger partial charge on any atom is 0.0766 e. The largest absolute Gasteiger partial charge is 0.316 e. The van der Waals surface area contributed by atoms with Crippen LogP contribution in [0.4, 0.5) is 0 Å². The molecule has 4 heteroatoms. The third-order valence-corrected chi connectivity index (χ3v) is 5.08. The predicted octanol–water partition coefficient (Wildman–Crippen LogP) is 3.01. The van der Waals surface area contributed by atoms with Crippen molar-refractivity contribution in [1.29, 1.82) is 0 Å². The minimum Gasteiger partial charge on any atom is -0.316 e. The van der Waals surface area contributed by atoms with E-state index in [0.717, 1.165) is 31.2 Å². The third-order valence-electron chi connectivity index (χ3n) is 4.17. The first-order chi connectivity index (χ1) is 8.62. The Morgan fingerprint density at radius 3 is 2.61 bits per heavy atom. The SMILES string of the molecule is CCc1nn(CC)c(CC(NC)C2CC2C)c1Br. The lowest BCUT2D eigenvalue weighted by molar-refractivity contribution is 0.460. The van der Waals surface area contributed by atoms with Gasteiger partial charge < -0.3 is 5.32 Å². The van der Waals surface area contributed by atoms with Crippen LogP contribution in [0.15, 0.2) is 4.47 Å². The number of nitrogens with zero attached hydrogens (tertiary/aromatic N) is 2. The number of hydrogen-bond acceptors (Lipinski definition) is 2. The van der Waals surface area contributed by atoms with Gasteiger partial charge in [-0.25, -0.2) is 0 Å². The quantitative estimate of drug-likeness (QED) is 0.875. The minimum atomic E-state index is 0.586. The van der Waals surface area contributed by atoms with E-state index in [2.05, 4.69) is 58.8 Å². The summed E-state index contributed by atoms with van der Waals surface area (Å²) >= 11 is 3.73. The summed E-state index contributed by atoms with van der Waals surface area (Å²) in [6, 6.07) is 0.586. The Labute approximate surface area is 118 Å². The summed E-state index contributed by atoms with van der Waals surface area (Å²) in [4.78, 5) is 0. The highest BCUT2D eigenvalue weighted by atomic mass is 79.9. The first-order valence-corrected chi connectivity index (χ1v) is 7.82. The molecular formula is C14H24BrN3. The van der Waals surface area contributed by atoms with Gasteiger partial charge in [-0.3, -0.25) is 4.68 Å². The highest BCUT2D eigenvalue weighted by Crippen LogP contribution is 2.42. The first-order valence-electron chi connectivity index (χ1n) is 7.03. The molecule has 0 bridgehead atoms. The Hall–Kier alpha value is -0.350. The fourth-order valence-electron chi connectivity index (χ4n) is 2.80. The molecule has 1 N–H and O–H groups in total. The molecule has 0 aliphatic heterocycles. The molecule has 1 fully saturated rings. The van der Waals surface area contributed by atoms with E-state index >= 15 is 0 Å². The molecule has 102 valence electrons. The van der Waals surface area contributed by atoms with Crippen LogP contribution in [0.3, 0.4) is 0 Å². The molecule has 1 aromatic heterocycles. The highest BCUT2D eigenvalue weighted by molar-refractivity contribution is 9.10. The Kier molecular flexibility index (Phi) is 4.49. The lowest BCUT2D eigenvalue weighted by atomic mass is 10.0. The molecule has 18 heavy (non-hydrogen) atoms. The summed E-state index contributed by atoms with van der Waals surface area (Å²) in [5.41, 5.74) is 2.54. The van der Waals surface area contributed by atoms with Gasteiger partial charge in [-0.05, 0) is 54.6 Å². The maximum absolute atomic E-state index is 4.67. The predicted molar refractivity (Wildman–Crippen MR) is 78.8 cm³/mol. The average molecular weight is 314 g/mol. The van der Waals surface area contributed by atoms with Crippen LogP contribution in [0, 0.1) is 11.8 Å². The lowest BCUT2D eigenvalue weighted by Crippen LogP contribution is -2.31. The number of likely N-dealkylation sites (N-methyl/N-ethyl adjacent to an activating group) is 1. The molecule has 3 atom stereocenters. The number of halogens is 1. The van der Waals surface area contributed by atoms with Crippen molar-refractivity contribution in [1.82, 2.24) is 15.1 Å². The van der Waals surface area contributed by atoms with Crippen molar-refractivity contribution in [3.63, 3.8) is 0 Å². The van der Waals surface area contributed by atoms with E-state index < -0.39 is 0 Å². The molecule has 1 heterocycles. The maximum atomic E-state index is 4.67. The molecule has 0 saturated heterocycles. The van der Waals surface area contributed by atoms with Gasteiger partial charge in [0.1, 0.15) is 0 Å². The van der Waals surface area contributed by atoms with Crippen LogP contribution in [0.25, 0.3) is 0 Å². The monoisotopic (exact) mass is 313 g/mol. The van der Waals surface area contributed by atoms with Gasteiger partial charge in [0, 0.05) is 19.0 Å². The van der Waals surface area contributed by atoms with E-state index in [0.29, 0.717) is 6.04 Å². The first kappa shape index (κ1) is 14.1. The van der Waals surface area contributed by atoms with Crippen molar-refractivity contribution >= 4 is 15.9 Å². The van der Waals surface area contributed by atoms with Crippen LogP contribution in [-0.4, -0.2) is 22.9 Å². The summed E-state index contributed by atoms with van der Waals surface area (Å²) in [5, 5.41) is 8.16. The molecule has 0 aromatic carbocycles. The fraction of sp³-hybridized carbons (Fsp3) is 0.786. The van der Waals surface area contributed by atoms with Crippen LogP contribution < -0.4 is 5.32 Å². The molecule has 1 aliphatic carbocycles. The standard InChI is InChI=1S/C14H24BrN3/c1-5-11-14(15)13(18(6-2)17-11)8-12(16-4)10-7-9(10)3/h9-10,12,16H,5-8H2,1-4H3. The Bertz CT molecular complexity index is 413. The number of rotatable bonds is 6. The molecule has 2 rings (SSSR count). The highest BCUT2D eigenvalue weighted by Gasteiger charge is 2.39. The van der Waals surface area contributed by atoms with Gasteiger partial charge in [-0.1, -0.05) is 13.8 Å². The third kappa shape index (κ3) is 2.64. The van der Waals surface area contributed by atoms with Gasteiger partial charge in [-0.15, -0.1) is 0 Å². The van der Waals surface area contributed by atoms with E-state index in [9.17, 15) is 0 Å². The summed E-state index contributed by atoms with van der Waals surface area (Å²) in [5.74, 6) is 1.72. The van der Waals surface area contributed by atoms with Crippen molar-refractivity contribution in [2.75, 3.05) is 7.05 Å². The molecule has 3 unspecified atom stereocenters. The molecule has 0 radical (unpaired) electrons. The van der Waals surface area contributed by atoms with Gasteiger partial charge in [-0.2, -0.15) is 5.10 Å². The Balaban J connectivity index is 2.18. The fourth-order valence-corrected chi connectivity index (χ4v) is 3.53. The molecule has 0 amide bonds. The van der Waals surface area contributed by atoms with Gasteiger partial charge in [0.15, 0.2) is 0 Å². The van der Waals surface area contributed by atoms with Crippen molar-refractivity contribution in [3.05, 3.63) is 15.9 Å². The van der Waals surface area contributed by atoms with Crippen LogP contribution >= 0.6 is 15.9 Å². The van der Waals surface area contributed by atoms with Crippen LogP contribution in [0.2, 0.25) is 0 Å². The number of aryl methyl sites for hydroxylation is 2. The second kappa shape index (κ2) is 5.74. The summed E-state index contributed by atoms with van der Waals surface area (Å²) in [6.07, 6.45) is 3.43. The van der Waals surface area contributed by atoms with Crippen LogP contribution in [0.1, 0.15) is 38.6 Å². The van der Waals surface area contributed by atoms with Crippen LogP contribution in [0.5, 0.6) is 0 Å². The molecule has 0 spiro atoms. The summed E-state index contributed by atoms with van der Waals surface area (Å²) < 4.78 is 3.38. The van der Waals surface area contributed by atoms with E-state index in [4.69, 9.17) is 0 Å². The van der Waals surface area contributed by atoms with Crippen LogP contribution in [-0.2, 0) is 19.4 Å². The second-order valence-corrected chi connectivity index (χ2v) is 6.15. The molecule has 1 aromatic rings. The van der Waals surface area contributed by atoms with E-state index in [1.807, 2.05) is 0 Å². The van der Waals surface area contributed by atoms with Crippen molar-refractivity contribution in [3.8, 4) is 0 Å². The smallest absolute Gasteiger partial charge is 0.0766 e. The number of hydrogen-bond donors (Lipinski definition) is 1. The zero-order valence-corrected chi connectivity index (χ0v) is 13.4. The molecule has 3 nitrogen and oxygen atoms in total. The molecular weight excluding hydrogens is 290 g/mol. The normalized spacial score (nSPS) is 24.3. The van der Waals surface area contributed by atoms with Gasteiger partial charge in [0.2, 0.25) is 0 Å². The van der Waals surface area contributed by atoms with E-state index in [-0.39, 0.29) is 0 Å². The Morgan fingerprint density at radius 2 is 2.17 bits per heavy atom. The summed E-state index contributed by atoms with van der Waals surface area (Å²) in [7, 11) is 2.08. The molecule has 1 aliphatic rings. The molecule has 1 saturated carbocycles. The summed E-state index contributed by atoms with van der Waals surface area (Å²) in [6.45, 7) is 7.62. The van der Waals surface area contributed by atoms with Gasteiger partial charge in [0.25, 0.3) is 0 Å².